The number of hydrogen-bond donors (Lipinski definition) is 0. The summed E-state index contributed by atoms with van der Waals surface area (Å²) < 4.78 is 11.0. The van der Waals surface area contributed by atoms with E-state index in [9.17, 15) is 4.21 Å². The summed E-state index contributed by atoms with van der Waals surface area (Å²) in [5.41, 5.74) is 0. The molecule has 0 bridgehead atoms. The van der Waals surface area contributed by atoms with E-state index in [1.807, 2.05) is 44.2 Å². The maximum atomic E-state index is 11.0. The lowest BCUT2D eigenvalue weighted by molar-refractivity contribution is 0.691. The summed E-state index contributed by atoms with van der Waals surface area (Å²) in [5.74, 6) is 0. The summed E-state index contributed by atoms with van der Waals surface area (Å²) in [6, 6.07) is 0. The van der Waals surface area contributed by atoms with Gasteiger partial charge >= 0.3 is 0 Å². The fraction of sp³-hybridized carbons (Fsp3) is 0.333. The Labute approximate surface area is 71.0 Å². The van der Waals surface area contributed by atoms with Crippen LogP contribution in [0.25, 0.3) is 0 Å². The highest BCUT2D eigenvalue weighted by Crippen LogP contribution is 2.01. The zero-order valence-electron chi connectivity index (χ0n) is 7.20. The van der Waals surface area contributed by atoms with E-state index in [-0.39, 0.29) is 0 Å². The summed E-state index contributed by atoms with van der Waals surface area (Å²) in [5, 5.41) is 0. The Morgan fingerprint density at radius 1 is 1.27 bits per heavy atom. The highest BCUT2D eigenvalue weighted by molar-refractivity contribution is 7.88. The Morgan fingerprint density at radius 3 is 2.27 bits per heavy atom. The third kappa shape index (κ3) is 4.73. The van der Waals surface area contributed by atoms with Gasteiger partial charge in [0.2, 0.25) is 0 Å². The van der Waals surface area contributed by atoms with E-state index < -0.39 is 10.8 Å². The lowest BCUT2D eigenvalue weighted by Gasteiger charge is -1.92. The van der Waals surface area contributed by atoms with Crippen molar-refractivity contribution in [2.75, 3.05) is 6.26 Å². The smallest absolute Gasteiger partial charge is 0.0497 e. The normalized spacial score (nSPS) is 16.5. The van der Waals surface area contributed by atoms with Crippen LogP contribution in [0, 0.1) is 0 Å². The lowest BCUT2D eigenvalue weighted by atomic mass is 10.4. The fourth-order valence-electron chi connectivity index (χ4n) is 0.603. The van der Waals surface area contributed by atoms with Crippen LogP contribution in [-0.4, -0.2) is 10.5 Å². The van der Waals surface area contributed by atoms with Gasteiger partial charge in [-0.15, -0.1) is 0 Å². The van der Waals surface area contributed by atoms with Crippen molar-refractivity contribution in [1.29, 1.82) is 0 Å². The van der Waals surface area contributed by atoms with Gasteiger partial charge in [-0.3, -0.25) is 4.21 Å². The summed E-state index contributed by atoms with van der Waals surface area (Å²) in [6.45, 7) is 3.85. The average molecular weight is 170 g/mol. The van der Waals surface area contributed by atoms with Crippen LogP contribution in [0.2, 0.25) is 0 Å². The first kappa shape index (κ1) is 10.4. The minimum absolute atomic E-state index is 0.852. The molecule has 0 amide bonds. The van der Waals surface area contributed by atoms with Crippen LogP contribution in [0.15, 0.2) is 35.3 Å². The van der Waals surface area contributed by atoms with Gasteiger partial charge in [0.05, 0.1) is 0 Å². The number of allylic oxidation sites excluding steroid dienone is 5. The summed E-state index contributed by atoms with van der Waals surface area (Å²) in [7, 11) is -0.882. The van der Waals surface area contributed by atoms with Gasteiger partial charge in [-0.2, -0.15) is 0 Å². The van der Waals surface area contributed by atoms with Crippen LogP contribution in [0.3, 0.4) is 0 Å². The molecule has 0 heterocycles. The van der Waals surface area contributed by atoms with Gasteiger partial charge < -0.3 is 0 Å². The van der Waals surface area contributed by atoms with Crippen LogP contribution in [0.1, 0.15) is 13.8 Å². The van der Waals surface area contributed by atoms with Crippen LogP contribution < -0.4 is 0 Å². The van der Waals surface area contributed by atoms with Gasteiger partial charge in [-0.05, 0) is 19.9 Å². The largest absolute Gasteiger partial charge is 0.255 e. The predicted octanol–water partition coefficient (Wildman–Crippen LogP) is 2.40. The molecule has 0 aromatic rings. The van der Waals surface area contributed by atoms with Gasteiger partial charge in [0, 0.05) is 22.0 Å². The van der Waals surface area contributed by atoms with Crippen molar-refractivity contribution in [2.45, 2.75) is 13.8 Å². The Morgan fingerprint density at radius 2 is 1.91 bits per heavy atom. The quantitative estimate of drug-likeness (QED) is 0.594. The minimum Gasteiger partial charge on any atom is -0.255 e. The molecule has 0 fully saturated rings. The van der Waals surface area contributed by atoms with Gasteiger partial charge in [0.25, 0.3) is 0 Å². The molecule has 0 aliphatic carbocycles. The Balaban J connectivity index is 4.45. The second-order valence-electron chi connectivity index (χ2n) is 2.05. The summed E-state index contributed by atoms with van der Waals surface area (Å²) >= 11 is 0. The Hall–Kier alpha value is -0.630. The summed E-state index contributed by atoms with van der Waals surface area (Å²) in [6.07, 6.45) is 11.1. The number of hydrogen-bond acceptors (Lipinski definition) is 1. The molecule has 0 N–H and O–H groups in total. The zero-order valence-corrected chi connectivity index (χ0v) is 8.02. The lowest BCUT2D eigenvalue weighted by Crippen LogP contribution is -1.86. The van der Waals surface area contributed by atoms with Crippen LogP contribution >= 0.6 is 0 Å². The Kier molecular flexibility index (Phi) is 5.75. The predicted molar refractivity (Wildman–Crippen MR) is 51.8 cm³/mol. The van der Waals surface area contributed by atoms with E-state index in [2.05, 4.69) is 0 Å². The molecule has 0 aliphatic heterocycles. The molecule has 0 aromatic heterocycles. The molecule has 0 saturated carbocycles. The van der Waals surface area contributed by atoms with E-state index in [4.69, 9.17) is 0 Å². The topological polar surface area (TPSA) is 17.1 Å². The van der Waals surface area contributed by atoms with E-state index in [0.717, 1.165) is 4.91 Å². The second kappa shape index (κ2) is 6.10. The van der Waals surface area contributed by atoms with Crippen molar-refractivity contribution in [3.05, 3.63) is 35.3 Å². The highest BCUT2D eigenvalue weighted by atomic mass is 32.2. The SMILES string of the molecule is C\C=C/C=C(\C=C/C)S(C)=O. The second-order valence-corrected chi connectivity index (χ2v) is 3.43. The third-order valence-electron chi connectivity index (χ3n) is 1.12. The minimum atomic E-state index is -0.882. The maximum absolute atomic E-state index is 11.0. The van der Waals surface area contributed by atoms with Crippen molar-refractivity contribution < 1.29 is 4.21 Å². The molecule has 0 radical (unpaired) electrons. The first-order chi connectivity index (χ1) is 5.22. The van der Waals surface area contributed by atoms with Gasteiger partial charge in [0.1, 0.15) is 0 Å². The molecule has 1 nitrogen and oxygen atoms in total. The van der Waals surface area contributed by atoms with Crippen LogP contribution in [-0.2, 0) is 10.8 Å². The number of rotatable bonds is 3. The van der Waals surface area contributed by atoms with E-state index in [1.165, 1.54) is 0 Å². The zero-order chi connectivity index (χ0) is 8.69. The average Bonchev–Trinajstić information content (AvgIpc) is 1.97. The van der Waals surface area contributed by atoms with Crippen molar-refractivity contribution in [3.63, 3.8) is 0 Å². The first-order valence-corrected chi connectivity index (χ1v) is 5.07. The molecule has 2 heteroatoms. The first-order valence-electron chi connectivity index (χ1n) is 3.51. The third-order valence-corrected chi connectivity index (χ3v) is 2.05. The highest BCUT2D eigenvalue weighted by Gasteiger charge is 1.92. The van der Waals surface area contributed by atoms with Gasteiger partial charge in [0.15, 0.2) is 0 Å². The molecule has 0 spiro atoms. The molecular formula is C9H14OS. The molecule has 1 atom stereocenters. The van der Waals surface area contributed by atoms with Gasteiger partial charge in [-0.25, -0.2) is 0 Å². The molecule has 11 heavy (non-hydrogen) atoms. The van der Waals surface area contributed by atoms with Crippen molar-refractivity contribution in [1.82, 2.24) is 0 Å². The molecule has 0 aliphatic rings. The fourth-order valence-corrected chi connectivity index (χ4v) is 1.20. The molecule has 1 unspecified atom stereocenters. The van der Waals surface area contributed by atoms with Crippen LogP contribution in [0.4, 0.5) is 0 Å². The molecule has 62 valence electrons. The van der Waals surface area contributed by atoms with E-state index >= 15 is 0 Å². The van der Waals surface area contributed by atoms with E-state index in [1.54, 1.807) is 6.26 Å². The van der Waals surface area contributed by atoms with Crippen molar-refractivity contribution >= 4 is 10.8 Å². The van der Waals surface area contributed by atoms with Gasteiger partial charge in [-0.1, -0.05) is 24.3 Å². The Bertz CT molecular complexity index is 212. The van der Waals surface area contributed by atoms with E-state index in [0.29, 0.717) is 0 Å². The standard InChI is InChI=1S/C9H14OS/c1-4-6-8-9(7-5-2)11(3)10/h4-8H,1-3H3/b6-4-,7-5-,9-8+. The molecule has 0 saturated heterocycles. The van der Waals surface area contributed by atoms with Crippen molar-refractivity contribution in [3.8, 4) is 0 Å². The molecule has 0 aromatic carbocycles. The monoisotopic (exact) mass is 170 g/mol. The summed E-state index contributed by atoms with van der Waals surface area (Å²) in [4.78, 5) is 0.852. The van der Waals surface area contributed by atoms with Crippen LogP contribution in [0.5, 0.6) is 0 Å². The molecule has 0 rings (SSSR count). The van der Waals surface area contributed by atoms with Crippen molar-refractivity contribution in [2.24, 2.45) is 0 Å². The molecular weight excluding hydrogens is 156 g/mol. The maximum Gasteiger partial charge on any atom is 0.0497 e.